The summed E-state index contributed by atoms with van der Waals surface area (Å²) in [6.07, 6.45) is 2.67. The van der Waals surface area contributed by atoms with Gasteiger partial charge in [0.1, 0.15) is 0 Å². The summed E-state index contributed by atoms with van der Waals surface area (Å²) in [5.41, 5.74) is 7.95. The van der Waals surface area contributed by atoms with Crippen molar-refractivity contribution in [1.82, 2.24) is 4.90 Å². The van der Waals surface area contributed by atoms with E-state index in [4.69, 9.17) is 5.73 Å². The fourth-order valence-electron chi connectivity index (χ4n) is 2.15. The average molecular weight is 190 g/mol. The molecule has 0 radical (unpaired) electrons. The molecule has 0 bridgehead atoms. The highest BCUT2D eigenvalue weighted by Gasteiger charge is 2.19. The minimum Gasteiger partial charge on any atom is -0.399 e. The number of hydrogen-bond donors (Lipinski definition) is 1. The van der Waals surface area contributed by atoms with E-state index < -0.39 is 0 Å². The Morgan fingerprint density at radius 1 is 1.50 bits per heavy atom. The molecule has 2 rings (SSSR count). The van der Waals surface area contributed by atoms with Crippen molar-refractivity contribution in [3.63, 3.8) is 0 Å². The Morgan fingerprint density at radius 2 is 2.36 bits per heavy atom. The molecule has 1 saturated heterocycles. The van der Waals surface area contributed by atoms with E-state index in [1.54, 1.807) is 0 Å². The number of nitrogens with two attached hydrogens (primary N) is 1. The fourth-order valence-corrected chi connectivity index (χ4v) is 2.15. The second kappa shape index (κ2) is 4.01. The molecule has 14 heavy (non-hydrogen) atoms. The van der Waals surface area contributed by atoms with Gasteiger partial charge in [-0.15, -0.1) is 0 Å². The smallest absolute Gasteiger partial charge is 0.0317 e. The third kappa shape index (κ3) is 2.07. The molecule has 0 unspecified atom stereocenters. The Balaban J connectivity index is 2.03. The normalized spacial score (nSPS) is 22.8. The molecule has 0 saturated carbocycles. The highest BCUT2D eigenvalue weighted by Crippen LogP contribution is 2.19. The first-order valence-electron chi connectivity index (χ1n) is 5.34. The zero-order valence-electron chi connectivity index (χ0n) is 8.74. The van der Waals surface area contributed by atoms with Crippen molar-refractivity contribution in [1.29, 1.82) is 0 Å². The number of nitrogen functional groups attached to an aromatic ring is 1. The van der Waals surface area contributed by atoms with Gasteiger partial charge >= 0.3 is 0 Å². The minimum absolute atomic E-state index is 0.733. The lowest BCUT2D eigenvalue weighted by molar-refractivity contribution is 0.260. The van der Waals surface area contributed by atoms with Crippen molar-refractivity contribution in [2.75, 3.05) is 12.3 Å². The molecule has 1 atom stereocenters. The Kier molecular flexibility index (Phi) is 2.73. The summed E-state index contributed by atoms with van der Waals surface area (Å²) in [5, 5.41) is 0. The first kappa shape index (κ1) is 9.53. The van der Waals surface area contributed by atoms with E-state index in [2.05, 4.69) is 24.0 Å². The molecule has 2 nitrogen and oxygen atoms in total. The molecule has 0 aromatic heterocycles. The Bertz CT molecular complexity index is 309. The summed E-state index contributed by atoms with van der Waals surface area (Å²) in [6, 6.07) is 8.94. The summed E-state index contributed by atoms with van der Waals surface area (Å²) in [7, 11) is 0. The van der Waals surface area contributed by atoms with Crippen LogP contribution in [0.1, 0.15) is 25.3 Å². The van der Waals surface area contributed by atoms with Crippen LogP contribution in [0.5, 0.6) is 0 Å². The van der Waals surface area contributed by atoms with Crippen LogP contribution in [0.3, 0.4) is 0 Å². The summed E-state index contributed by atoms with van der Waals surface area (Å²) < 4.78 is 0. The number of rotatable bonds is 2. The van der Waals surface area contributed by atoms with E-state index in [0.717, 1.165) is 18.3 Å². The van der Waals surface area contributed by atoms with Crippen molar-refractivity contribution < 1.29 is 0 Å². The maximum Gasteiger partial charge on any atom is 0.0317 e. The van der Waals surface area contributed by atoms with E-state index in [1.807, 2.05) is 12.1 Å². The summed E-state index contributed by atoms with van der Waals surface area (Å²) in [6.45, 7) is 4.58. The highest BCUT2D eigenvalue weighted by atomic mass is 15.2. The number of hydrogen-bond acceptors (Lipinski definition) is 2. The van der Waals surface area contributed by atoms with E-state index in [-0.39, 0.29) is 0 Å². The van der Waals surface area contributed by atoms with Crippen LogP contribution in [-0.2, 0) is 6.54 Å². The topological polar surface area (TPSA) is 29.3 Å². The van der Waals surface area contributed by atoms with Gasteiger partial charge in [0.2, 0.25) is 0 Å². The molecule has 0 amide bonds. The molecule has 76 valence electrons. The van der Waals surface area contributed by atoms with Crippen molar-refractivity contribution in [2.24, 2.45) is 0 Å². The summed E-state index contributed by atoms with van der Waals surface area (Å²) in [4.78, 5) is 2.52. The fraction of sp³-hybridized carbons (Fsp3) is 0.500. The van der Waals surface area contributed by atoms with Crippen LogP contribution in [0.4, 0.5) is 5.69 Å². The first-order valence-corrected chi connectivity index (χ1v) is 5.34. The lowest BCUT2D eigenvalue weighted by Gasteiger charge is -2.20. The molecule has 1 aromatic carbocycles. The minimum atomic E-state index is 0.733. The van der Waals surface area contributed by atoms with Gasteiger partial charge in [-0.25, -0.2) is 0 Å². The standard InChI is InChI=1S/C12H18N2/c1-10-4-3-7-14(10)9-11-5-2-6-12(13)8-11/h2,5-6,8,10H,3-4,7,9,13H2,1H3/t10-/m1/s1. The molecule has 0 aliphatic carbocycles. The number of anilines is 1. The zero-order chi connectivity index (χ0) is 9.97. The SMILES string of the molecule is C[C@@H]1CCCN1Cc1cccc(N)c1. The van der Waals surface area contributed by atoms with Crippen LogP contribution in [-0.4, -0.2) is 17.5 Å². The molecule has 1 fully saturated rings. The Morgan fingerprint density at radius 3 is 3.00 bits per heavy atom. The maximum absolute atomic E-state index is 5.75. The van der Waals surface area contributed by atoms with Crippen LogP contribution in [0.25, 0.3) is 0 Å². The summed E-state index contributed by atoms with van der Waals surface area (Å²) in [5.74, 6) is 0. The van der Waals surface area contributed by atoms with Crippen LogP contribution < -0.4 is 5.73 Å². The van der Waals surface area contributed by atoms with E-state index in [1.165, 1.54) is 24.9 Å². The molecule has 1 aliphatic rings. The van der Waals surface area contributed by atoms with Crippen molar-refractivity contribution in [2.45, 2.75) is 32.4 Å². The van der Waals surface area contributed by atoms with Crippen LogP contribution in [0.2, 0.25) is 0 Å². The third-order valence-electron chi connectivity index (χ3n) is 3.03. The lowest BCUT2D eigenvalue weighted by atomic mass is 10.2. The van der Waals surface area contributed by atoms with Crippen LogP contribution in [0, 0.1) is 0 Å². The van der Waals surface area contributed by atoms with Gasteiger partial charge in [-0.2, -0.15) is 0 Å². The van der Waals surface area contributed by atoms with Gasteiger partial charge in [-0.05, 0) is 44.0 Å². The average Bonchev–Trinajstić information content (AvgIpc) is 2.52. The predicted octanol–water partition coefficient (Wildman–Crippen LogP) is 2.25. The monoisotopic (exact) mass is 190 g/mol. The Labute approximate surface area is 85.7 Å². The highest BCUT2D eigenvalue weighted by molar-refractivity contribution is 5.40. The molecule has 1 aliphatic heterocycles. The predicted molar refractivity (Wildman–Crippen MR) is 60.0 cm³/mol. The molecule has 2 N–H and O–H groups in total. The number of nitrogens with zero attached hydrogens (tertiary/aromatic N) is 1. The van der Waals surface area contributed by atoms with Gasteiger partial charge in [0.15, 0.2) is 0 Å². The maximum atomic E-state index is 5.75. The number of likely N-dealkylation sites (tertiary alicyclic amines) is 1. The molecule has 1 heterocycles. The largest absolute Gasteiger partial charge is 0.399 e. The van der Waals surface area contributed by atoms with E-state index in [9.17, 15) is 0 Å². The molecular weight excluding hydrogens is 172 g/mol. The van der Waals surface area contributed by atoms with Crippen molar-refractivity contribution in [3.8, 4) is 0 Å². The third-order valence-corrected chi connectivity index (χ3v) is 3.03. The quantitative estimate of drug-likeness (QED) is 0.725. The van der Waals surface area contributed by atoms with Gasteiger partial charge in [-0.3, -0.25) is 4.90 Å². The van der Waals surface area contributed by atoms with Gasteiger partial charge in [-0.1, -0.05) is 12.1 Å². The molecular formula is C12H18N2. The van der Waals surface area contributed by atoms with Crippen LogP contribution in [0.15, 0.2) is 24.3 Å². The van der Waals surface area contributed by atoms with Crippen molar-refractivity contribution in [3.05, 3.63) is 29.8 Å². The number of benzene rings is 1. The second-order valence-electron chi connectivity index (χ2n) is 4.21. The van der Waals surface area contributed by atoms with E-state index in [0.29, 0.717) is 0 Å². The van der Waals surface area contributed by atoms with Gasteiger partial charge < -0.3 is 5.73 Å². The second-order valence-corrected chi connectivity index (χ2v) is 4.21. The van der Waals surface area contributed by atoms with Gasteiger partial charge in [0.25, 0.3) is 0 Å². The van der Waals surface area contributed by atoms with E-state index >= 15 is 0 Å². The molecule has 0 spiro atoms. The zero-order valence-corrected chi connectivity index (χ0v) is 8.74. The first-order chi connectivity index (χ1) is 6.75. The Hall–Kier alpha value is -1.02. The summed E-state index contributed by atoms with van der Waals surface area (Å²) >= 11 is 0. The lowest BCUT2D eigenvalue weighted by Crippen LogP contribution is -2.26. The molecule has 2 heteroatoms. The van der Waals surface area contributed by atoms with Gasteiger partial charge in [0, 0.05) is 18.3 Å². The van der Waals surface area contributed by atoms with Crippen LogP contribution >= 0.6 is 0 Å². The van der Waals surface area contributed by atoms with Crippen molar-refractivity contribution >= 4 is 5.69 Å². The molecule has 1 aromatic rings. The van der Waals surface area contributed by atoms with Gasteiger partial charge in [0.05, 0.1) is 0 Å².